The van der Waals surface area contributed by atoms with E-state index in [1.54, 1.807) is 35.8 Å². The quantitative estimate of drug-likeness (QED) is 0.849. The van der Waals surface area contributed by atoms with Crippen molar-refractivity contribution in [1.29, 1.82) is 0 Å². The van der Waals surface area contributed by atoms with E-state index in [0.717, 1.165) is 0 Å². The summed E-state index contributed by atoms with van der Waals surface area (Å²) in [5.74, 6) is 0.814. The summed E-state index contributed by atoms with van der Waals surface area (Å²) in [4.78, 5) is 26.8. The normalized spacial score (nSPS) is 17.4. The van der Waals surface area contributed by atoms with Crippen LogP contribution in [0, 0.1) is 0 Å². The molecule has 0 aliphatic carbocycles. The predicted octanol–water partition coefficient (Wildman–Crippen LogP) is 0.604. The Kier molecular flexibility index (Phi) is 3.90. The highest BCUT2D eigenvalue weighted by molar-refractivity contribution is 5.91. The van der Waals surface area contributed by atoms with E-state index in [2.05, 4.69) is 0 Å². The second kappa shape index (κ2) is 5.44. The van der Waals surface area contributed by atoms with Crippen LogP contribution in [-0.4, -0.2) is 47.8 Å². The standard InChI is InChI=1S/C13H19N3O3/c1-9(14)11-3-4-12(19-11)13(18)16-7-5-15(6-8-16)10(2)17/h3-4,9H,5-8,14H2,1-2H3. The number of nitrogens with zero attached hydrogens (tertiary/aromatic N) is 2. The first kappa shape index (κ1) is 13.6. The Hall–Kier alpha value is -1.82. The number of hydrogen-bond donors (Lipinski definition) is 1. The Morgan fingerprint density at radius 1 is 1.21 bits per heavy atom. The highest BCUT2D eigenvalue weighted by Gasteiger charge is 2.25. The smallest absolute Gasteiger partial charge is 0.289 e. The number of carbonyl (C=O) groups excluding carboxylic acids is 2. The summed E-state index contributed by atoms with van der Waals surface area (Å²) in [7, 11) is 0. The SMILES string of the molecule is CC(=O)N1CCN(C(=O)c2ccc(C(C)N)o2)CC1. The van der Waals surface area contributed by atoms with Crippen molar-refractivity contribution in [3.05, 3.63) is 23.7 Å². The lowest BCUT2D eigenvalue weighted by Gasteiger charge is -2.33. The molecule has 0 saturated carbocycles. The van der Waals surface area contributed by atoms with Gasteiger partial charge >= 0.3 is 0 Å². The number of rotatable bonds is 2. The van der Waals surface area contributed by atoms with Crippen LogP contribution >= 0.6 is 0 Å². The minimum absolute atomic E-state index is 0.0457. The van der Waals surface area contributed by atoms with Gasteiger partial charge in [0.05, 0.1) is 6.04 Å². The van der Waals surface area contributed by atoms with Gasteiger partial charge in [0, 0.05) is 33.1 Å². The molecule has 1 aromatic heterocycles. The summed E-state index contributed by atoms with van der Waals surface area (Å²) in [6, 6.07) is 3.15. The Bertz CT molecular complexity index is 473. The molecule has 6 heteroatoms. The van der Waals surface area contributed by atoms with Crippen molar-refractivity contribution in [2.24, 2.45) is 5.73 Å². The highest BCUT2D eigenvalue weighted by Crippen LogP contribution is 2.16. The van der Waals surface area contributed by atoms with Gasteiger partial charge in [0.25, 0.3) is 5.91 Å². The van der Waals surface area contributed by atoms with Crippen LogP contribution in [-0.2, 0) is 4.79 Å². The van der Waals surface area contributed by atoms with Crippen molar-refractivity contribution in [2.45, 2.75) is 19.9 Å². The average molecular weight is 265 g/mol. The number of carbonyl (C=O) groups is 2. The Morgan fingerprint density at radius 3 is 2.26 bits per heavy atom. The molecule has 2 rings (SSSR count). The van der Waals surface area contributed by atoms with Gasteiger partial charge in [-0.15, -0.1) is 0 Å². The first-order valence-corrected chi connectivity index (χ1v) is 6.39. The van der Waals surface area contributed by atoms with E-state index in [0.29, 0.717) is 37.7 Å². The van der Waals surface area contributed by atoms with Crippen molar-refractivity contribution in [2.75, 3.05) is 26.2 Å². The van der Waals surface area contributed by atoms with Crippen molar-refractivity contribution < 1.29 is 14.0 Å². The van der Waals surface area contributed by atoms with Crippen molar-refractivity contribution >= 4 is 11.8 Å². The van der Waals surface area contributed by atoms with Crippen LogP contribution in [0.3, 0.4) is 0 Å². The summed E-state index contributed by atoms with van der Waals surface area (Å²) in [5, 5.41) is 0. The van der Waals surface area contributed by atoms with Gasteiger partial charge in [-0.1, -0.05) is 0 Å². The summed E-state index contributed by atoms with van der Waals surface area (Å²) in [6.45, 7) is 5.56. The third-order valence-electron chi connectivity index (χ3n) is 3.30. The average Bonchev–Trinajstić information content (AvgIpc) is 2.87. The van der Waals surface area contributed by atoms with E-state index < -0.39 is 0 Å². The number of hydrogen-bond acceptors (Lipinski definition) is 4. The molecule has 1 fully saturated rings. The molecule has 0 spiro atoms. The molecule has 0 radical (unpaired) electrons. The molecular formula is C13H19N3O3. The predicted molar refractivity (Wildman–Crippen MR) is 69.5 cm³/mol. The lowest BCUT2D eigenvalue weighted by atomic mass is 10.2. The maximum atomic E-state index is 12.2. The second-order valence-electron chi connectivity index (χ2n) is 4.79. The first-order valence-electron chi connectivity index (χ1n) is 6.39. The third kappa shape index (κ3) is 2.96. The molecule has 19 heavy (non-hydrogen) atoms. The van der Waals surface area contributed by atoms with Crippen LogP contribution in [0.1, 0.15) is 36.2 Å². The first-order chi connectivity index (χ1) is 8.99. The zero-order chi connectivity index (χ0) is 14.0. The van der Waals surface area contributed by atoms with E-state index >= 15 is 0 Å². The Balaban J connectivity index is 1.99. The third-order valence-corrected chi connectivity index (χ3v) is 3.30. The topological polar surface area (TPSA) is 79.8 Å². The van der Waals surface area contributed by atoms with Gasteiger partial charge < -0.3 is 20.0 Å². The van der Waals surface area contributed by atoms with Gasteiger partial charge in [0.2, 0.25) is 5.91 Å². The number of furan rings is 1. The Labute approximate surface area is 112 Å². The van der Waals surface area contributed by atoms with Crippen LogP contribution in [0.4, 0.5) is 0 Å². The maximum absolute atomic E-state index is 12.2. The largest absolute Gasteiger partial charge is 0.454 e. The molecule has 0 aromatic carbocycles. The van der Waals surface area contributed by atoms with Crippen LogP contribution < -0.4 is 5.73 Å². The van der Waals surface area contributed by atoms with Crippen LogP contribution in [0.15, 0.2) is 16.5 Å². The molecule has 1 aliphatic heterocycles. The van der Waals surface area contributed by atoms with Crippen molar-refractivity contribution in [3.63, 3.8) is 0 Å². The Morgan fingerprint density at radius 2 is 1.79 bits per heavy atom. The molecule has 1 saturated heterocycles. The molecule has 2 N–H and O–H groups in total. The summed E-state index contributed by atoms with van der Waals surface area (Å²) in [5.41, 5.74) is 5.69. The molecule has 6 nitrogen and oxygen atoms in total. The molecule has 1 aliphatic rings. The number of piperazine rings is 1. The monoisotopic (exact) mass is 265 g/mol. The van der Waals surface area contributed by atoms with Gasteiger partial charge in [-0.2, -0.15) is 0 Å². The molecule has 2 heterocycles. The lowest BCUT2D eigenvalue weighted by Crippen LogP contribution is -2.50. The molecule has 2 amide bonds. The molecule has 104 valence electrons. The van der Waals surface area contributed by atoms with E-state index in [-0.39, 0.29) is 17.9 Å². The van der Waals surface area contributed by atoms with E-state index in [1.807, 2.05) is 0 Å². The minimum Gasteiger partial charge on any atom is -0.454 e. The molecular weight excluding hydrogens is 246 g/mol. The summed E-state index contributed by atoms with van der Waals surface area (Å²) >= 11 is 0. The fourth-order valence-electron chi connectivity index (χ4n) is 2.09. The van der Waals surface area contributed by atoms with Crippen molar-refractivity contribution in [3.8, 4) is 0 Å². The van der Waals surface area contributed by atoms with Crippen LogP contribution in [0.5, 0.6) is 0 Å². The van der Waals surface area contributed by atoms with Crippen molar-refractivity contribution in [1.82, 2.24) is 9.80 Å². The van der Waals surface area contributed by atoms with E-state index in [9.17, 15) is 9.59 Å². The lowest BCUT2D eigenvalue weighted by molar-refractivity contribution is -0.130. The molecule has 1 aromatic rings. The van der Waals surface area contributed by atoms with Gasteiger partial charge in [0.1, 0.15) is 5.76 Å². The fourth-order valence-corrected chi connectivity index (χ4v) is 2.09. The minimum atomic E-state index is -0.226. The highest BCUT2D eigenvalue weighted by atomic mass is 16.4. The molecule has 1 atom stereocenters. The summed E-state index contributed by atoms with van der Waals surface area (Å²) < 4.78 is 5.44. The van der Waals surface area contributed by atoms with Crippen LogP contribution in [0.2, 0.25) is 0 Å². The number of nitrogens with two attached hydrogens (primary N) is 1. The van der Waals surface area contributed by atoms with Crippen LogP contribution in [0.25, 0.3) is 0 Å². The zero-order valence-electron chi connectivity index (χ0n) is 11.3. The maximum Gasteiger partial charge on any atom is 0.289 e. The van der Waals surface area contributed by atoms with Gasteiger partial charge in [-0.25, -0.2) is 0 Å². The van der Waals surface area contributed by atoms with Gasteiger partial charge in [0.15, 0.2) is 5.76 Å². The zero-order valence-corrected chi connectivity index (χ0v) is 11.3. The fraction of sp³-hybridized carbons (Fsp3) is 0.538. The second-order valence-corrected chi connectivity index (χ2v) is 4.79. The van der Waals surface area contributed by atoms with Gasteiger partial charge in [-0.05, 0) is 19.1 Å². The van der Waals surface area contributed by atoms with Gasteiger partial charge in [-0.3, -0.25) is 9.59 Å². The number of amides is 2. The molecule has 0 bridgehead atoms. The molecule has 1 unspecified atom stereocenters. The van der Waals surface area contributed by atoms with E-state index in [1.165, 1.54) is 0 Å². The van der Waals surface area contributed by atoms with E-state index in [4.69, 9.17) is 10.2 Å². The summed E-state index contributed by atoms with van der Waals surface area (Å²) in [6.07, 6.45) is 0.